The van der Waals surface area contributed by atoms with E-state index in [0.717, 1.165) is 52.9 Å². The molecule has 0 saturated heterocycles. The van der Waals surface area contributed by atoms with Crippen molar-refractivity contribution in [1.82, 2.24) is 25.3 Å². The van der Waals surface area contributed by atoms with Crippen LogP contribution in [0.15, 0.2) is 60.8 Å². The van der Waals surface area contributed by atoms with Crippen molar-refractivity contribution < 1.29 is 10.0 Å². The number of carbonyl (C=O) groups excluding carboxylic acids is 1. The number of aryl methyl sites for hydroxylation is 1. The zero-order valence-corrected chi connectivity index (χ0v) is 18.9. The number of amides is 1. The van der Waals surface area contributed by atoms with Gasteiger partial charge in [0.25, 0.3) is 5.91 Å². The van der Waals surface area contributed by atoms with Gasteiger partial charge in [0.2, 0.25) is 0 Å². The van der Waals surface area contributed by atoms with Gasteiger partial charge in [0, 0.05) is 24.8 Å². The van der Waals surface area contributed by atoms with Gasteiger partial charge in [-0.25, -0.2) is 10.5 Å². The number of hydrogen-bond acceptors (Lipinski definition) is 6. The number of para-hydroxylation sites is 2. The minimum absolute atomic E-state index is 0.0809. The fourth-order valence-electron chi connectivity index (χ4n) is 4.87. The molecule has 0 spiro atoms. The molecule has 5 N–H and O–H groups in total. The molecule has 174 valence electrons. The van der Waals surface area contributed by atoms with E-state index in [9.17, 15) is 10.0 Å². The number of nitrogens with zero attached hydrogens (tertiary/aromatic N) is 3. The summed E-state index contributed by atoms with van der Waals surface area (Å²) in [6, 6.07) is 17.8. The largest absolute Gasteiger partial charge is 0.341 e. The van der Waals surface area contributed by atoms with Crippen molar-refractivity contribution >= 4 is 16.9 Å². The van der Waals surface area contributed by atoms with Crippen molar-refractivity contribution in [3.8, 4) is 0 Å². The highest BCUT2D eigenvalue weighted by molar-refractivity contribution is 5.95. The zero-order chi connectivity index (χ0) is 23.5. The number of nitrogens with two attached hydrogens (primary N) is 1. The monoisotopic (exact) mass is 456 g/mol. The van der Waals surface area contributed by atoms with Gasteiger partial charge in [-0.3, -0.25) is 19.9 Å². The average molecular weight is 457 g/mol. The second kappa shape index (κ2) is 9.72. The van der Waals surface area contributed by atoms with Crippen molar-refractivity contribution in [2.75, 3.05) is 0 Å². The van der Waals surface area contributed by atoms with Crippen LogP contribution in [0.5, 0.6) is 0 Å². The van der Waals surface area contributed by atoms with E-state index in [1.54, 1.807) is 11.5 Å². The number of aromatic nitrogens is 3. The first kappa shape index (κ1) is 22.2. The molecule has 2 aromatic carbocycles. The van der Waals surface area contributed by atoms with E-state index in [1.807, 2.05) is 48.7 Å². The molecule has 4 aromatic rings. The molecule has 8 nitrogen and oxygen atoms in total. The van der Waals surface area contributed by atoms with Crippen molar-refractivity contribution in [3.05, 3.63) is 94.6 Å². The van der Waals surface area contributed by atoms with Gasteiger partial charge in [0.15, 0.2) is 0 Å². The molecule has 0 bridgehead atoms. The summed E-state index contributed by atoms with van der Waals surface area (Å²) in [5, 5.41) is 9.34. The Labute approximate surface area is 197 Å². The van der Waals surface area contributed by atoms with Gasteiger partial charge < -0.3 is 10.7 Å². The standard InChI is InChI=1S/C26H28N6O2/c27-14-17-10-11-19(20(13-17)26(33)31-34)15-32(16-24-29-21-7-1-2-8-22(21)30-24)23-9-3-5-18-6-4-12-28-25(18)23/h1-2,4,6-8,10-13,23,34H,3,5,9,14-16,27H2,(H,29,30)(H,31,33). The highest BCUT2D eigenvalue weighted by Gasteiger charge is 2.29. The van der Waals surface area contributed by atoms with E-state index >= 15 is 0 Å². The van der Waals surface area contributed by atoms with E-state index in [-0.39, 0.29) is 6.04 Å². The molecule has 0 radical (unpaired) electrons. The Morgan fingerprint density at radius 3 is 2.88 bits per heavy atom. The number of imidazole rings is 1. The van der Waals surface area contributed by atoms with Crippen LogP contribution in [0.4, 0.5) is 0 Å². The maximum atomic E-state index is 12.5. The molecule has 1 aliphatic rings. The first-order chi connectivity index (χ1) is 16.7. The molecule has 8 heteroatoms. The van der Waals surface area contributed by atoms with E-state index in [0.29, 0.717) is 25.2 Å². The highest BCUT2D eigenvalue weighted by atomic mass is 16.5. The van der Waals surface area contributed by atoms with Gasteiger partial charge in [-0.15, -0.1) is 0 Å². The Kier molecular flexibility index (Phi) is 6.35. The molecule has 1 aliphatic carbocycles. The molecule has 0 fully saturated rings. The average Bonchev–Trinajstić information content (AvgIpc) is 3.30. The van der Waals surface area contributed by atoms with Crippen LogP contribution in [0.3, 0.4) is 0 Å². The lowest BCUT2D eigenvalue weighted by Crippen LogP contribution is -2.33. The Morgan fingerprint density at radius 2 is 2.06 bits per heavy atom. The molecule has 1 atom stereocenters. The lowest BCUT2D eigenvalue weighted by molar-refractivity contribution is 0.0702. The quantitative estimate of drug-likeness (QED) is 0.249. The number of rotatable bonds is 7. The third-order valence-corrected chi connectivity index (χ3v) is 6.53. The summed E-state index contributed by atoms with van der Waals surface area (Å²) in [7, 11) is 0. The number of fused-ring (bicyclic) bond motifs is 2. The summed E-state index contributed by atoms with van der Waals surface area (Å²) < 4.78 is 0. The normalized spacial score (nSPS) is 15.4. The number of benzene rings is 2. The van der Waals surface area contributed by atoms with Gasteiger partial charge in [0.05, 0.1) is 29.3 Å². The molecular weight excluding hydrogens is 428 g/mol. The summed E-state index contributed by atoms with van der Waals surface area (Å²) in [5.74, 6) is 0.312. The maximum Gasteiger partial charge on any atom is 0.274 e. The SMILES string of the molecule is NCc1ccc(CN(Cc2nc3ccccc3[nH]2)C2CCCc3cccnc32)c(C(=O)NO)c1. The number of nitrogens with one attached hydrogen (secondary N) is 2. The highest BCUT2D eigenvalue weighted by Crippen LogP contribution is 2.35. The number of carbonyl (C=O) groups is 1. The lowest BCUT2D eigenvalue weighted by atomic mass is 9.90. The second-order valence-electron chi connectivity index (χ2n) is 8.70. The molecule has 0 aliphatic heterocycles. The fourth-order valence-corrected chi connectivity index (χ4v) is 4.87. The van der Waals surface area contributed by atoms with E-state index < -0.39 is 5.91 Å². The molecule has 34 heavy (non-hydrogen) atoms. The van der Waals surface area contributed by atoms with Gasteiger partial charge in [-0.2, -0.15) is 0 Å². The fraction of sp³-hybridized carbons (Fsp3) is 0.269. The Hall–Kier alpha value is -3.59. The maximum absolute atomic E-state index is 12.5. The summed E-state index contributed by atoms with van der Waals surface area (Å²) in [6.45, 7) is 1.37. The van der Waals surface area contributed by atoms with Crippen molar-refractivity contribution in [3.63, 3.8) is 0 Å². The lowest BCUT2D eigenvalue weighted by Gasteiger charge is -2.35. The van der Waals surface area contributed by atoms with Crippen LogP contribution in [0, 0.1) is 0 Å². The minimum atomic E-state index is -0.545. The van der Waals surface area contributed by atoms with Crippen molar-refractivity contribution in [2.45, 2.75) is 44.9 Å². The predicted molar refractivity (Wildman–Crippen MR) is 129 cm³/mol. The zero-order valence-electron chi connectivity index (χ0n) is 18.9. The molecule has 1 unspecified atom stereocenters. The summed E-state index contributed by atoms with van der Waals surface area (Å²) >= 11 is 0. The summed E-state index contributed by atoms with van der Waals surface area (Å²) in [5.41, 5.74) is 13.9. The van der Waals surface area contributed by atoms with Crippen molar-refractivity contribution in [2.24, 2.45) is 5.73 Å². The van der Waals surface area contributed by atoms with E-state index in [1.165, 1.54) is 5.56 Å². The van der Waals surface area contributed by atoms with Crippen LogP contribution in [-0.2, 0) is 26.1 Å². The van der Waals surface area contributed by atoms with Gasteiger partial charge in [-0.1, -0.05) is 30.3 Å². The number of hydrogen-bond donors (Lipinski definition) is 4. The number of pyridine rings is 1. The van der Waals surface area contributed by atoms with Crippen LogP contribution >= 0.6 is 0 Å². The number of aromatic amines is 1. The van der Waals surface area contributed by atoms with E-state index in [2.05, 4.69) is 16.0 Å². The van der Waals surface area contributed by atoms with Crippen LogP contribution < -0.4 is 11.2 Å². The number of H-pyrrole nitrogens is 1. The Bertz CT molecular complexity index is 1280. The van der Waals surface area contributed by atoms with E-state index in [4.69, 9.17) is 15.7 Å². The molecule has 2 aromatic heterocycles. The van der Waals surface area contributed by atoms with Crippen LogP contribution in [0.1, 0.15) is 57.5 Å². The van der Waals surface area contributed by atoms with Gasteiger partial charge in [-0.05, 0) is 60.2 Å². The Balaban J connectivity index is 1.54. The Morgan fingerprint density at radius 1 is 1.18 bits per heavy atom. The number of hydroxylamine groups is 1. The topological polar surface area (TPSA) is 120 Å². The van der Waals surface area contributed by atoms with Gasteiger partial charge >= 0.3 is 0 Å². The smallest absolute Gasteiger partial charge is 0.274 e. The van der Waals surface area contributed by atoms with Crippen LogP contribution in [-0.4, -0.2) is 31.0 Å². The molecule has 1 amide bonds. The first-order valence-corrected chi connectivity index (χ1v) is 11.5. The minimum Gasteiger partial charge on any atom is -0.341 e. The van der Waals surface area contributed by atoms with Crippen LogP contribution in [0.2, 0.25) is 0 Å². The second-order valence-corrected chi connectivity index (χ2v) is 8.70. The molecule has 5 rings (SSSR count). The molecule has 0 saturated carbocycles. The van der Waals surface area contributed by atoms with Gasteiger partial charge in [0.1, 0.15) is 5.82 Å². The predicted octanol–water partition coefficient (Wildman–Crippen LogP) is 3.62. The first-order valence-electron chi connectivity index (χ1n) is 11.5. The third-order valence-electron chi connectivity index (χ3n) is 6.53. The third kappa shape index (κ3) is 4.43. The molecule has 2 heterocycles. The van der Waals surface area contributed by atoms with Crippen molar-refractivity contribution in [1.29, 1.82) is 0 Å². The molecular formula is C26H28N6O2. The summed E-state index contributed by atoms with van der Waals surface area (Å²) in [4.78, 5) is 27.8. The summed E-state index contributed by atoms with van der Waals surface area (Å²) in [6.07, 6.45) is 4.89. The van der Waals surface area contributed by atoms with Crippen LogP contribution in [0.25, 0.3) is 11.0 Å².